The molecule has 1 saturated heterocycles. The van der Waals surface area contributed by atoms with Crippen molar-refractivity contribution in [3.05, 3.63) is 64.0 Å². The van der Waals surface area contributed by atoms with Crippen LogP contribution in [0.1, 0.15) is 34.9 Å². The summed E-state index contributed by atoms with van der Waals surface area (Å²) in [5.74, 6) is 0.759. The fourth-order valence-electron chi connectivity index (χ4n) is 3.57. The van der Waals surface area contributed by atoms with Gasteiger partial charge in [0.15, 0.2) is 0 Å². The molecule has 1 fully saturated rings. The van der Waals surface area contributed by atoms with Crippen LogP contribution < -0.4 is 5.73 Å². The van der Waals surface area contributed by atoms with E-state index in [9.17, 15) is 14.9 Å². The van der Waals surface area contributed by atoms with Gasteiger partial charge < -0.3 is 15.6 Å². The number of nitrogens with one attached hydrogen (secondary N) is 1. The molecule has 138 valence electrons. The molecule has 1 unspecified atom stereocenters. The van der Waals surface area contributed by atoms with Gasteiger partial charge in [0, 0.05) is 30.6 Å². The molecule has 0 saturated carbocycles. The van der Waals surface area contributed by atoms with Gasteiger partial charge in [-0.05, 0) is 37.1 Å². The molecule has 0 spiro atoms. The van der Waals surface area contributed by atoms with Gasteiger partial charge in [-0.25, -0.2) is 4.98 Å². The summed E-state index contributed by atoms with van der Waals surface area (Å²) in [5, 5.41) is 11.1. The molecule has 0 bridgehead atoms. The Morgan fingerprint density at radius 1 is 1.30 bits per heavy atom. The van der Waals surface area contributed by atoms with E-state index >= 15 is 0 Å². The SMILES string of the molecule is Nc1ccc(C(=O)N2CCCC(c3nc4ccccc4[nH]3)C2)cc1[N+](=O)[O-]. The molecular weight excluding hydrogens is 346 g/mol. The number of para-hydroxylation sites is 2. The summed E-state index contributed by atoms with van der Waals surface area (Å²) in [6, 6.07) is 12.0. The summed E-state index contributed by atoms with van der Waals surface area (Å²) in [4.78, 5) is 33.1. The summed E-state index contributed by atoms with van der Waals surface area (Å²) in [7, 11) is 0. The lowest BCUT2D eigenvalue weighted by molar-refractivity contribution is -0.383. The van der Waals surface area contributed by atoms with Gasteiger partial charge in [0.05, 0.1) is 16.0 Å². The highest BCUT2D eigenvalue weighted by molar-refractivity contribution is 5.95. The Morgan fingerprint density at radius 2 is 2.11 bits per heavy atom. The first-order valence-electron chi connectivity index (χ1n) is 8.81. The lowest BCUT2D eigenvalue weighted by Gasteiger charge is -2.32. The highest BCUT2D eigenvalue weighted by Crippen LogP contribution is 2.29. The number of nitrogens with zero attached hydrogens (tertiary/aromatic N) is 3. The van der Waals surface area contributed by atoms with Gasteiger partial charge in [-0.1, -0.05) is 12.1 Å². The van der Waals surface area contributed by atoms with E-state index in [4.69, 9.17) is 5.73 Å². The van der Waals surface area contributed by atoms with Crippen molar-refractivity contribution < 1.29 is 9.72 Å². The van der Waals surface area contributed by atoms with Gasteiger partial charge in [0.2, 0.25) is 0 Å². The molecule has 8 heteroatoms. The number of nitrogen functional groups attached to an aromatic ring is 1. The Kier molecular flexibility index (Phi) is 4.23. The number of fused-ring (bicyclic) bond motifs is 1. The first-order chi connectivity index (χ1) is 13.0. The van der Waals surface area contributed by atoms with Crippen molar-refractivity contribution in [1.82, 2.24) is 14.9 Å². The van der Waals surface area contributed by atoms with Gasteiger partial charge in [0.1, 0.15) is 11.5 Å². The molecule has 2 heterocycles. The summed E-state index contributed by atoms with van der Waals surface area (Å²) in [6.07, 6.45) is 1.79. The van der Waals surface area contributed by atoms with E-state index in [0.29, 0.717) is 13.1 Å². The van der Waals surface area contributed by atoms with E-state index in [0.717, 1.165) is 29.7 Å². The number of benzene rings is 2. The van der Waals surface area contributed by atoms with E-state index in [1.54, 1.807) is 4.90 Å². The van der Waals surface area contributed by atoms with Crippen LogP contribution >= 0.6 is 0 Å². The molecule has 1 aromatic heterocycles. The Morgan fingerprint density at radius 3 is 2.89 bits per heavy atom. The molecule has 3 aromatic rings. The van der Waals surface area contributed by atoms with Crippen LogP contribution in [-0.4, -0.2) is 38.8 Å². The highest BCUT2D eigenvalue weighted by Gasteiger charge is 2.28. The third-order valence-corrected chi connectivity index (χ3v) is 4.98. The van der Waals surface area contributed by atoms with Crippen LogP contribution in [0, 0.1) is 10.1 Å². The number of nitrogens with two attached hydrogens (primary N) is 1. The number of H-pyrrole nitrogens is 1. The smallest absolute Gasteiger partial charge is 0.292 e. The number of imidazole rings is 1. The monoisotopic (exact) mass is 365 g/mol. The van der Waals surface area contributed by atoms with Crippen molar-refractivity contribution in [2.45, 2.75) is 18.8 Å². The summed E-state index contributed by atoms with van der Waals surface area (Å²) >= 11 is 0. The van der Waals surface area contributed by atoms with Gasteiger partial charge >= 0.3 is 0 Å². The second-order valence-corrected chi connectivity index (χ2v) is 6.76. The average molecular weight is 365 g/mol. The zero-order valence-corrected chi connectivity index (χ0v) is 14.6. The minimum atomic E-state index is -0.570. The third-order valence-electron chi connectivity index (χ3n) is 4.98. The van der Waals surface area contributed by atoms with Gasteiger partial charge in [0.25, 0.3) is 11.6 Å². The molecule has 1 aliphatic heterocycles. The molecule has 0 radical (unpaired) electrons. The molecular formula is C19H19N5O3. The quantitative estimate of drug-likeness (QED) is 0.420. The van der Waals surface area contributed by atoms with Crippen molar-refractivity contribution in [3.63, 3.8) is 0 Å². The molecule has 8 nitrogen and oxygen atoms in total. The highest BCUT2D eigenvalue weighted by atomic mass is 16.6. The van der Waals surface area contributed by atoms with E-state index in [-0.39, 0.29) is 28.8 Å². The third kappa shape index (κ3) is 3.21. The average Bonchev–Trinajstić information content (AvgIpc) is 3.12. The number of carbonyl (C=O) groups is 1. The maximum atomic E-state index is 12.9. The van der Waals surface area contributed by atoms with Crippen LogP contribution in [0.3, 0.4) is 0 Å². The Labute approximate surface area is 155 Å². The number of anilines is 1. The van der Waals surface area contributed by atoms with Crippen molar-refractivity contribution in [2.24, 2.45) is 0 Å². The molecule has 1 atom stereocenters. The topological polar surface area (TPSA) is 118 Å². The van der Waals surface area contributed by atoms with Crippen LogP contribution in [0.15, 0.2) is 42.5 Å². The number of aromatic nitrogens is 2. The number of nitro benzene ring substituents is 1. The predicted octanol–water partition coefficient (Wildman–Crippen LogP) is 3.07. The van der Waals surface area contributed by atoms with Crippen molar-refractivity contribution >= 4 is 28.3 Å². The van der Waals surface area contributed by atoms with Crippen LogP contribution in [-0.2, 0) is 0 Å². The number of aromatic amines is 1. The zero-order valence-electron chi connectivity index (χ0n) is 14.6. The maximum Gasteiger partial charge on any atom is 0.292 e. The molecule has 1 aliphatic rings. The minimum absolute atomic E-state index is 0.0512. The number of nitro groups is 1. The van der Waals surface area contributed by atoms with Crippen molar-refractivity contribution in [2.75, 3.05) is 18.8 Å². The molecule has 2 aromatic carbocycles. The lowest BCUT2D eigenvalue weighted by Crippen LogP contribution is -2.39. The number of likely N-dealkylation sites (tertiary alicyclic amines) is 1. The largest absolute Gasteiger partial charge is 0.393 e. The summed E-state index contributed by atoms with van der Waals surface area (Å²) in [6.45, 7) is 1.14. The van der Waals surface area contributed by atoms with Gasteiger partial charge in [-0.3, -0.25) is 14.9 Å². The molecule has 0 aliphatic carbocycles. The standard InChI is InChI=1S/C19H19N5O3/c20-14-8-7-12(10-17(14)24(26)27)19(25)23-9-3-4-13(11-23)18-21-15-5-1-2-6-16(15)22-18/h1-2,5-8,10,13H,3-4,9,11,20H2,(H,21,22). The molecule has 4 rings (SSSR count). The number of hydrogen-bond acceptors (Lipinski definition) is 5. The van der Waals surface area contributed by atoms with Crippen molar-refractivity contribution in [3.8, 4) is 0 Å². The summed E-state index contributed by atoms with van der Waals surface area (Å²) < 4.78 is 0. The number of piperidine rings is 1. The van der Waals surface area contributed by atoms with Crippen LogP contribution in [0.4, 0.5) is 11.4 Å². The first-order valence-corrected chi connectivity index (χ1v) is 8.81. The van der Waals surface area contributed by atoms with Crippen LogP contribution in [0.2, 0.25) is 0 Å². The fourth-order valence-corrected chi connectivity index (χ4v) is 3.57. The number of amides is 1. The van der Waals surface area contributed by atoms with Gasteiger partial charge in [-0.2, -0.15) is 0 Å². The maximum absolute atomic E-state index is 12.9. The number of rotatable bonds is 3. The number of carbonyl (C=O) groups excluding carboxylic acids is 1. The Balaban J connectivity index is 1.56. The molecule has 3 N–H and O–H groups in total. The first kappa shape index (κ1) is 17.0. The predicted molar refractivity (Wildman–Crippen MR) is 101 cm³/mol. The molecule has 27 heavy (non-hydrogen) atoms. The molecule has 1 amide bonds. The minimum Gasteiger partial charge on any atom is -0.393 e. The van der Waals surface area contributed by atoms with E-state index < -0.39 is 4.92 Å². The fraction of sp³-hybridized carbons (Fsp3) is 0.263. The van der Waals surface area contributed by atoms with E-state index in [1.807, 2.05) is 24.3 Å². The second-order valence-electron chi connectivity index (χ2n) is 6.76. The Hall–Kier alpha value is -3.42. The van der Waals surface area contributed by atoms with E-state index in [1.165, 1.54) is 18.2 Å². The Bertz CT molecular complexity index is 996. The number of hydrogen-bond donors (Lipinski definition) is 2. The zero-order chi connectivity index (χ0) is 19.0. The van der Waals surface area contributed by atoms with E-state index in [2.05, 4.69) is 9.97 Å². The van der Waals surface area contributed by atoms with Crippen molar-refractivity contribution in [1.29, 1.82) is 0 Å². The van der Waals surface area contributed by atoms with Crippen LogP contribution in [0.5, 0.6) is 0 Å². The normalized spacial score (nSPS) is 17.2. The van der Waals surface area contributed by atoms with Crippen LogP contribution in [0.25, 0.3) is 11.0 Å². The second kappa shape index (κ2) is 6.71. The van der Waals surface area contributed by atoms with Gasteiger partial charge in [-0.15, -0.1) is 0 Å². The summed E-state index contributed by atoms with van der Waals surface area (Å²) in [5.41, 5.74) is 7.60. The lowest BCUT2D eigenvalue weighted by atomic mass is 9.96.